The quantitative estimate of drug-likeness (QED) is 0.917. The molecule has 1 heterocycles. The van der Waals surface area contributed by atoms with Crippen LogP contribution in [0.15, 0.2) is 27.2 Å². The maximum absolute atomic E-state index is 5.26. The van der Waals surface area contributed by atoms with Crippen molar-refractivity contribution in [3.05, 3.63) is 34.1 Å². The maximum Gasteiger partial charge on any atom is 0.240 e. The molecule has 5 heteroatoms. The summed E-state index contributed by atoms with van der Waals surface area (Å²) in [5.41, 5.74) is 2.16. The highest BCUT2D eigenvalue weighted by Crippen LogP contribution is 2.28. The molecule has 1 aromatic carbocycles. The van der Waals surface area contributed by atoms with E-state index in [2.05, 4.69) is 44.4 Å². The Morgan fingerprint density at radius 3 is 3.00 bits per heavy atom. The summed E-state index contributed by atoms with van der Waals surface area (Å²) in [5.74, 6) is 2.13. The van der Waals surface area contributed by atoms with Gasteiger partial charge in [-0.2, -0.15) is 4.98 Å². The Bertz CT molecular complexity index is 578. The molecule has 1 aromatic heterocycles. The Kier molecular flexibility index (Phi) is 3.66. The van der Waals surface area contributed by atoms with Gasteiger partial charge in [0, 0.05) is 10.0 Å². The van der Waals surface area contributed by atoms with Crippen LogP contribution in [0.5, 0.6) is 0 Å². The van der Waals surface area contributed by atoms with E-state index in [1.54, 1.807) is 0 Å². The van der Waals surface area contributed by atoms with E-state index in [-0.39, 0.29) is 0 Å². The van der Waals surface area contributed by atoms with Gasteiger partial charge in [-0.25, -0.2) is 0 Å². The molecule has 100 valence electrons. The van der Waals surface area contributed by atoms with Crippen molar-refractivity contribution in [3.8, 4) is 11.4 Å². The number of nitrogens with one attached hydrogen (secondary N) is 1. The van der Waals surface area contributed by atoms with E-state index in [9.17, 15) is 0 Å². The molecule has 0 radical (unpaired) electrons. The Morgan fingerprint density at radius 2 is 2.26 bits per heavy atom. The summed E-state index contributed by atoms with van der Waals surface area (Å²) in [6.45, 7) is 3.75. The number of aryl methyl sites for hydroxylation is 1. The zero-order valence-electron chi connectivity index (χ0n) is 10.8. The fourth-order valence-corrected chi connectivity index (χ4v) is 2.61. The molecule has 0 atom stereocenters. The van der Waals surface area contributed by atoms with E-state index < -0.39 is 0 Å². The van der Waals surface area contributed by atoms with E-state index in [0.717, 1.165) is 22.5 Å². The van der Waals surface area contributed by atoms with Crippen LogP contribution < -0.4 is 5.32 Å². The third kappa shape index (κ3) is 3.22. The monoisotopic (exact) mass is 321 g/mol. The predicted molar refractivity (Wildman–Crippen MR) is 76.6 cm³/mol. The largest absolute Gasteiger partial charge is 0.338 e. The summed E-state index contributed by atoms with van der Waals surface area (Å²) < 4.78 is 6.25. The lowest BCUT2D eigenvalue weighted by Crippen LogP contribution is -2.16. The first-order chi connectivity index (χ1) is 9.22. The number of rotatable bonds is 5. The number of halogens is 1. The molecule has 0 spiro atoms. The first kappa shape index (κ1) is 12.8. The fourth-order valence-electron chi connectivity index (χ4n) is 1.94. The van der Waals surface area contributed by atoms with Gasteiger partial charge in [-0.15, -0.1) is 0 Å². The van der Waals surface area contributed by atoms with Crippen molar-refractivity contribution >= 4 is 15.9 Å². The van der Waals surface area contributed by atoms with Crippen molar-refractivity contribution in [1.82, 2.24) is 15.5 Å². The normalized spacial score (nSPS) is 14.8. The van der Waals surface area contributed by atoms with Crippen molar-refractivity contribution in [2.24, 2.45) is 5.92 Å². The summed E-state index contributed by atoms with van der Waals surface area (Å²) in [5, 5.41) is 7.38. The minimum absolute atomic E-state index is 0.634. The van der Waals surface area contributed by atoms with Crippen molar-refractivity contribution < 1.29 is 4.52 Å². The fraction of sp³-hybridized carbons (Fsp3) is 0.429. The third-order valence-electron chi connectivity index (χ3n) is 3.24. The lowest BCUT2D eigenvalue weighted by atomic mass is 10.1. The second kappa shape index (κ2) is 5.43. The van der Waals surface area contributed by atoms with Crippen LogP contribution in [0.25, 0.3) is 11.4 Å². The molecule has 4 nitrogen and oxygen atoms in total. The molecule has 1 saturated carbocycles. The average Bonchev–Trinajstić information content (AvgIpc) is 3.07. The van der Waals surface area contributed by atoms with Crippen molar-refractivity contribution in [2.75, 3.05) is 6.54 Å². The molecule has 0 saturated heterocycles. The molecule has 3 rings (SSSR count). The van der Waals surface area contributed by atoms with Crippen molar-refractivity contribution in [3.63, 3.8) is 0 Å². The van der Waals surface area contributed by atoms with Crippen molar-refractivity contribution in [1.29, 1.82) is 0 Å². The molecule has 0 aliphatic heterocycles. The van der Waals surface area contributed by atoms with Gasteiger partial charge < -0.3 is 9.84 Å². The summed E-state index contributed by atoms with van der Waals surface area (Å²) in [6, 6.07) is 6.10. The number of hydrogen-bond donors (Lipinski definition) is 1. The molecule has 0 amide bonds. The summed E-state index contributed by atoms with van der Waals surface area (Å²) in [6.07, 6.45) is 2.69. The maximum atomic E-state index is 5.26. The highest BCUT2D eigenvalue weighted by atomic mass is 79.9. The molecule has 0 unspecified atom stereocenters. The molecule has 1 aliphatic rings. The number of nitrogens with zero attached hydrogens (tertiary/aromatic N) is 2. The van der Waals surface area contributed by atoms with Crippen LogP contribution in [0.4, 0.5) is 0 Å². The Labute approximate surface area is 120 Å². The molecular formula is C14H16BrN3O. The van der Waals surface area contributed by atoms with Gasteiger partial charge in [-0.3, -0.25) is 0 Å². The first-order valence-electron chi connectivity index (χ1n) is 6.52. The Balaban J connectivity index is 1.68. The van der Waals surface area contributed by atoms with Gasteiger partial charge in [0.05, 0.1) is 6.54 Å². The molecule has 1 aliphatic carbocycles. The molecule has 1 fully saturated rings. The second-order valence-electron chi connectivity index (χ2n) is 5.07. The van der Waals surface area contributed by atoms with Crippen LogP contribution in [-0.4, -0.2) is 16.7 Å². The van der Waals surface area contributed by atoms with Crippen LogP contribution >= 0.6 is 15.9 Å². The van der Waals surface area contributed by atoms with E-state index in [1.807, 2.05) is 12.1 Å². The Hall–Kier alpha value is -1.20. The van der Waals surface area contributed by atoms with Gasteiger partial charge in [0.15, 0.2) is 0 Å². The van der Waals surface area contributed by atoms with Crippen LogP contribution in [0, 0.1) is 12.8 Å². The van der Waals surface area contributed by atoms with Gasteiger partial charge in [-0.1, -0.05) is 27.2 Å². The highest BCUT2D eigenvalue weighted by Gasteiger charge is 2.20. The lowest BCUT2D eigenvalue weighted by molar-refractivity contribution is 0.367. The van der Waals surface area contributed by atoms with Crippen molar-refractivity contribution in [2.45, 2.75) is 26.3 Å². The zero-order chi connectivity index (χ0) is 13.2. The molecule has 1 N–H and O–H groups in total. The topological polar surface area (TPSA) is 51.0 Å². The van der Waals surface area contributed by atoms with Gasteiger partial charge in [-0.05, 0) is 49.9 Å². The molecule has 19 heavy (non-hydrogen) atoms. The SMILES string of the molecule is Cc1ccc(-c2noc(CNCC3CC3)n2)c(Br)c1. The van der Waals surface area contributed by atoms with Gasteiger partial charge >= 0.3 is 0 Å². The average molecular weight is 322 g/mol. The van der Waals surface area contributed by atoms with E-state index in [4.69, 9.17) is 4.52 Å². The smallest absolute Gasteiger partial charge is 0.240 e. The first-order valence-corrected chi connectivity index (χ1v) is 7.31. The minimum atomic E-state index is 0.634. The van der Waals surface area contributed by atoms with Crippen LogP contribution in [0.3, 0.4) is 0 Å². The number of benzene rings is 1. The van der Waals surface area contributed by atoms with E-state index in [0.29, 0.717) is 18.3 Å². The predicted octanol–water partition coefficient (Wildman–Crippen LogP) is 3.31. The highest BCUT2D eigenvalue weighted by molar-refractivity contribution is 9.10. The zero-order valence-corrected chi connectivity index (χ0v) is 12.4. The molecular weight excluding hydrogens is 306 g/mol. The molecule has 0 bridgehead atoms. The van der Waals surface area contributed by atoms with E-state index in [1.165, 1.54) is 18.4 Å². The van der Waals surface area contributed by atoms with Crippen LogP contribution in [0.2, 0.25) is 0 Å². The van der Waals surface area contributed by atoms with Gasteiger partial charge in [0.25, 0.3) is 0 Å². The van der Waals surface area contributed by atoms with Gasteiger partial charge in [0.2, 0.25) is 11.7 Å². The summed E-state index contributed by atoms with van der Waals surface area (Å²) >= 11 is 3.54. The standard InChI is InChI=1S/C14H16BrN3O/c1-9-2-5-11(12(15)6-9)14-17-13(19-18-14)8-16-7-10-3-4-10/h2,5-6,10,16H,3-4,7-8H2,1H3. The Morgan fingerprint density at radius 1 is 1.42 bits per heavy atom. The van der Waals surface area contributed by atoms with Crippen LogP contribution in [0.1, 0.15) is 24.3 Å². The van der Waals surface area contributed by atoms with Crippen LogP contribution in [-0.2, 0) is 6.54 Å². The lowest BCUT2D eigenvalue weighted by Gasteiger charge is -2.00. The number of aromatic nitrogens is 2. The summed E-state index contributed by atoms with van der Waals surface area (Å²) in [7, 11) is 0. The summed E-state index contributed by atoms with van der Waals surface area (Å²) in [4.78, 5) is 4.42. The third-order valence-corrected chi connectivity index (χ3v) is 3.90. The molecule has 2 aromatic rings. The second-order valence-corrected chi connectivity index (χ2v) is 5.92. The minimum Gasteiger partial charge on any atom is -0.338 e. The van der Waals surface area contributed by atoms with E-state index >= 15 is 0 Å². The number of hydrogen-bond acceptors (Lipinski definition) is 4. The van der Waals surface area contributed by atoms with Gasteiger partial charge in [0.1, 0.15) is 0 Å².